The van der Waals surface area contributed by atoms with Crippen LogP contribution < -0.4 is 5.32 Å². The highest BCUT2D eigenvalue weighted by Gasteiger charge is 2.26. The zero-order valence-electron chi connectivity index (χ0n) is 9.58. The van der Waals surface area contributed by atoms with Crippen LogP contribution in [0.1, 0.15) is 27.2 Å². The Labute approximate surface area is 88.9 Å². The zero-order valence-corrected chi connectivity index (χ0v) is 10.7. The van der Waals surface area contributed by atoms with Crippen molar-refractivity contribution in [3.05, 3.63) is 0 Å². The van der Waals surface area contributed by atoms with Crippen LogP contribution in [0.25, 0.3) is 0 Å². The van der Waals surface area contributed by atoms with Gasteiger partial charge in [0.05, 0.1) is 13.2 Å². The van der Waals surface area contributed by atoms with Gasteiger partial charge in [0.2, 0.25) is 0 Å². The van der Waals surface area contributed by atoms with Crippen molar-refractivity contribution < 1.29 is 9.16 Å². The van der Waals surface area contributed by atoms with Gasteiger partial charge in [-0.05, 0) is 19.9 Å². The van der Waals surface area contributed by atoms with Gasteiger partial charge >= 0.3 is 0 Å². The minimum Gasteiger partial charge on any atom is -0.416 e. The molecule has 0 amide bonds. The van der Waals surface area contributed by atoms with E-state index >= 15 is 0 Å². The molecular weight excluding hydrogens is 194 g/mol. The monoisotopic (exact) mass is 217 g/mol. The Morgan fingerprint density at radius 3 is 2.86 bits per heavy atom. The molecule has 0 saturated carbocycles. The van der Waals surface area contributed by atoms with Crippen molar-refractivity contribution in [3.63, 3.8) is 0 Å². The van der Waals surface area contributed by atoms with Crippen molar-refractivity contribution in [2.24, 2.45) is 0 Å². The highest BCUT2D eigenvalue weighted by molar-refractivity contribution is 6.53. The molecule has 0 bridgehead atoms. The molecule has 4 heteroatoms. The summed E-state index contributed by atoms with van der Waals surface area (Å²) in [5, 5.41) is 3.52. The first-order chi connectivity index (χ1) is 6.74. The molecule has 3 nitrogen and oxygen atoms in total. The quantitative estimate of drug-likeness (QED) is 0.699. The molecule has 0 aromatic heterocycles. The molecule has 84 valence electrons. The molecule has 0 aromatic carbocycles. The molecule has 0 aromatic rings. The zero-order chi connectivity index (χ0) is 10.4. The maximum atomic E-state index is 6.03. The van der Waals surface area contributed by atoms with Crippen LogP contribution in [0.4, 0.5) is 0 Å². The average molecular weight is 217 g/mol. The molecule has 0 spiro atoms. The van der Waals surface area contributed by atoms with Crippen molar-refractivity contribution in [1.82, 2.24) is 5.32 Å². The summed E-state index contributed by atoms with van der Waals surface area (Å²) in [6.07, 6.45) is 1.59. The van der Waals surface area contributed by atoms with Crippen LogP contribution in [0.3, 0.4) is 0 Å². The van der Waals surface area contributed by atoms with Gasteiger partial charge in [-0.1, -0.05) is 13.3 Å². The topological polar surface area (TPSA) is 30.5 Å². The normalized spacial score (nSPS) is 25.3. The Hall–Kier alpha value is 0.0969. The first-order valence-corrected chi connectivity index (χ1v) is 7.66. The van der Waals surface area contributed by atoms with E-state index in [-0.39, 0.29) is 0 Å². The van der Waals surface area contributed by atoms with Crippen molar-refractivity contribution in [2.45, 2.75) is 45.0 Å². The van der Waals surface area contributed by atoms with Crippen LogP contribution in [0, 0.1) is 0 Å². The van der Waals surface area contributed by atoms with E-state index in [0.29, 0.717) is 11.8 Å². The molecule has 2 unspecified atom stereocenters. The lowest BCUT2D eigenvalue weighted by atomic mass is 10.5. The third-order valence-corrected chi connectivity index (χ3v) is 5.79. The summed E-state index contributed by atoms with van der Waals surface area (Å²) < 4.78 is 11.5. The predicted molar refractivity (Wildman–Crippen MR) is 61.1 cm³/mol. The average Bonchev–Trinajstić information content (AvgIpc) is 2.18. The van der Waals surface area contributed by atoms with E-state index < -0.39 is 9.04 Å². The molecule has 0 aliphatic carbocycles. The minimum absolute atomic E-state index is 0.363. The van der Waals surface area contributed by atoms with E-state index in [4.69, 9.17) is 9.16 Å². The summed E-state index contributed by atoms with van der Waals surface area (Å²) in [7, 11) is -1.11. The van der Waals surface area contributed by atoms with Crippen molar-refractivity contribution in [3.8, 4) is 0 Å². The molecule has 1 fully saturated rings. The van der Waals surface area contributed by atoms with Gasteiger partial charge in [0, 0.05) is 18.3 Å². The number of hydrogen-bond acceptors (Lipinski definition) is 3. The number of morpholine rings is 1. The second kappa shape index (κ2) is 6.56. The molecule has 1 saturated heterocycles. The highest BCUT2D eigenvalue weighted by atomic mass is 28.3. The van der Waals surface area contributed by atoms with Crippen LogP contribution in [-0.4, -0.2) is 40.6 Å². The van der Waals surface area contributed by atoms with Crippen LogP contribution in [0.15, 0.2) is 0 Å². The van der Waals surface area contributed by atoms with E-state index in [1.54, 1.807) is 0 Å². The molecular formula is C10H23NO2Si. The summed E-state index contributed by atoms with van der Waals surface area (Å²) in [5.41, 5.74) is 0.520. The third-order valence-electron chi connectivity index (χ3n) is 2.42. The van der Waals surface area contributed by atoms with E-state index in [0.717, 1.165) is 19.8 Å². The van der Waals surface area contributed by atoms with Gasteiger partial charge in [0.15, 0.2) is 9.04 Å². The predicted octanol–water partition coefficient (Wildman–Crippen LogP) is 1.07. The second-order valence-corrected chi connectivity index (χ2v) is 6.88. The summed E-state index contributed by atoms with van der Waals surface area (Å²) >= 11 is 0. The molecule has 1 aliphatic rings. The summed E-state index contributed by atoms with van der Waals surface area (Å²) in [5.74, 6) is 0. The van der Waals surface area contributed by atoms with E-state index in [1.165, 1.54) is 12.5 Å². The van der Waals surface area contributed by atoms with E-state index in [9.17, 15) is 0 Å². The van der Waals surface area contributed by atoms with Crippen LogP contribution in [0.5, 0.6) is 0 Å². The van der Waals surface area contributed by atoms with Gasteiger partial charge in [-0.25, -0.2) is 0 Å². The van der Waals surface area contributed by atoms with Gasteiger partial charge in [-0.3, -0.25) is 0 Å². The number of ether oxygens (including phenoxy) is 1. The molecule has 1 heterocycles. The molecule has 2 atom stereocenters. The van der Waals surface area contributed by atoms with Crippen molar-refractivity contribution in [1.29, 1.82) is 0 Å². The Morgan fingerprint density at radius 1 is 1.57 bits per heavy atom. The molecule has 1 aliphatic heterocycles. The fourth-order valence-electron chi connectivity index (χ4n) is 1.82. The maximum absolute atomic E-state index is 6.03. The first kappa shape index (κ1) is 12.2. The van der Waals surface area contributed by atoms with Crippen molar-refractivity contribution >= 4 is 9.04 Å². The van der Waals surface area contributed by atoms with E-state index in [2.05, 4.69) is 26.1 Å². The summed E-state index contributed by atoms with van der Waals surface area (Å²) in [6.45, 7) is 9.17. The Balaban J connectivity index is 2.38. The standard InChI is InChI=1S/C10H23NO2Si/c1-4-7-14(13-9(2)3)10-8-12-6-5-11-10/h9-11,14H,4-8H2,1-3H3. The second-order valence-electron chi connectivity index (χ2n) is 4.15. The fraction of sp³-hybridized carbons (Fsp3) is 1.00. The minimum atomic E-state index is -1.11. The van der Waals surface area contributed by atoms with Gasteiger partial charge in [0.25, 0.3) is 0 Å². The number of rotatable bonds is 5. The van der Waals surface area contributed by atoms with Crippen LogP contribution in [0.2, 0.25) is 6.04 Å². The van der Waals surface area contributed by atoms with Gasteiger partial charge in [-0.2, -0.15) is 0 Å². The Bertz CT molecular complexity index is 149. The van der Waals surface area contributed by atoms with Gasteiger partial charge in [-0.15, -0.1) is 0 Å². The lowest BCUT2D eigenvalue weighted by Crippen LogP contribution is -2.52. The Morgan fingerprint density at radius 2 is 2.36 bits per heavy atom. The number of nitrogens with one attached hydrogen (secondary N) is 1. The van der Waals surface area contributed by atoms with Gasteiger partial charge in [0.1, 0.15) is 0 Å². The Kier molecular flexibility index (Phi) is 5.70. The SMILES string of the molecule is CCC[SiH](OC(C)C)C1COCCN1. The molecule has 0 radical (unpaired) electrons. The fourth-order valence-corrected chi connectivity index (χ4v) is 4.60. The van der Waals surface area contributed by atoms with Gasteiger partial charge < -0.3 is 14.5 Å². The number of hydrogen-bond donors (Lipinski definition) is 1. The lowest BCUT2D eigenvalue weighted by Gasteiger charge is -2.31. The molecule has 1 N–H and O–H groups in total. The van der Waals surface area contributed by atoms with E-state index in [1.807, 2.05) is 0 Å². The van der Waals surface area contributed by atoms with Crippen LogP contribution >= 0.6 is 0 Å². The highest BCUT2D eigenvalue weighted by Crippen LogP contribution is 2.09. The molecule has 1 rings (SSSR count). The van der Waals surface area contributed by atoms with Crippen molar-refractivity contribution in [2.75, 3.05) is 19.8 Å². The largest absolute Gasteiger partial charge is 0.416 e. The smallest absolute Gasteiger partial charge is 0.196 e. The maximum Gasteiger partial charge on any atom is 0.196 e. The third kappa shape index (κ3) is 4.08. The summed E-state index contributed by atoms with van der Waals surface area (Å²) in [4.78, 5) is 0. The summed E-state index contributed by atoms with van der Waals surface area (Å²) in [6, 6.07) is 1.25. The lowest BCUT2D eigenvalue weighted by molar-refractivity contribution is 0.0880. The first-order valence-electron chi connectivity index (χ1n) is 5.70. The molecule has 14 heavy (non-hydrogen) atoms. The van der Waals surface area contributed by atoms with Crippen LogP contribution in [-0.2, 0) is 9.16 Å².